The van der Waals surface area contributed by atoms with Crippen LogP contribution in [0.4, 0.5) is 5.69 Å². The Labute approximate surface area is 161 Å². The first-order chi connectivity index (χ1) is 12.8. The molecule has 2 aromatic rings. The van der Waals surface area contributed by atoms with Crippen LogP contribution in [0.15, 0.2) is 23.1 Å². The number of carbonyl (C=O) groups excluding carboxylic acids is 1. The fourth-order valence-electron chi connectivity index (χ4n) is 2.87. The summed E-state index contributed by atoms with van der Waals surface area (Å²) in [6, 6.07) is 2.52. The molecule has 2 rings (SSSR count). The molecule has 27 heavy (non-hydrogen) atoms. The zero-order chi connectivity index (χ0) is 20.1. The second-order valence-corrected chi connectivity index (χ2v) is 6.30. The van der Waals surface area contributed by atoms with Gasteiger partial charge >= 0.3 is 5.97 Å². The Morgan fingerprint density at radius 2 is 1.96 bits per heavy atom. The quantitative estimate of drug-likeness (QED) is 0.387. The molecule has 0 N–H and O–H groups in total. The van der Waals surface area contributed by atoms with E-state index in [1.165, 1.54) is 12.3 Å². The van der Waals surface area contributed by atoms with Crippen molar-refractivity contribution in [2.75, 3.05) is 26.2 Å². The Kier molecular flexibility index (Phi) is 6.92. The summed E-state index contributed by atoms with van der Waals surface area (Å²) in [4.78, 5) is 37.7. The van der Waals surface area contributed by atoms with Gasteiger partial charge in [-0.2, -0.15) is 0 Å². The molecule has 0 fully saturated rings. The highest BCUT2D eigenvalue weighted by atomic mass is 35.5. The SMILES string of the molecule is CCOC(=O)c1cn(CCN(CC)CC)c2cc(Cl)c([N+](=O)[O-])cc2c1=O. The summed E-state index contributed by atoms with van der Waals surface area (Å²) in [6.45, 7) is 8.71. The molecular formula is C18H22ClN3O5. The van der Waals surface area contributed by atoms with Gasteiger partial charge in [-0.05, 0) is 26.1 Å². The molecular weight excluding hydrogens is 374 g/mol. The summed E-state index contributed by atoms with van der Waals surface area (Å²) in [6.07, 6.45) is 1.44. The van der Waals surface area contributed by atoms with Crippen molar-refractivity contribution in [3.8, 4) is 0 Å². The Morgan fingerprint density at radius 3 is 2.52 bits per heavy atom. The van der Waals surface area contributed by atoms with Crippen LogP contribution in [0, 0.1) is 10.1 Å². The largest absolute Gasteiger partial charge is 0.462 e. The summed E-state index contributed by atoms with van der Waals surface area (Å²) in [7, 11) is 0. The fraction of sp³-hybridized carbons (Fsp3) is 0.444. The lowest BCUT2D eigenvalue weighted by atomic mass is 10.1. The Morgan fingerprint density at radius 1 is 1.30 bits per heavy atom. The number of halogens is 1. The number of aromatic nitrogens is 1. The maximum Gasteiger partial charge on any atom is 0.343 e. The highest BCUT2D eigenvalue weighted by Gasteiger charge is 2.21. The molecule has 0 bridgehead atoms. The second kappa shape index (κ2) is 8.96. The Hall–Kier alpha value is -2.45. The summed E-state index contributed by atoms with van der Waals surface area (Å²) in [5.41, 5.74) is -0.698. The number of likely N-dealkylation sites (N-methyl/N-ethyl adjacent to an activating group) is 1. The Bertz CT molecular complexity index is 921. The van der Waals surface area contributed by atoms with Gasteiger partial charge < -0.3 is 14.2 Å². The summed E-state index contributed by atoms with van der Waals surface area (Å²) in [5, 5.41) is 11.2. The highest BCUT2D eigenvalue weighted by Crippen LogP contribution is 2.29. The number of carbonyl (C=O) groups is 1. The molecule has 0 aliphatic rings. The van der Waals surface area contributed by atoms with Gasteiger partial charge in [-0.25, -0.2) is 4.79 Å². The number of hydrogen-bond donors (Lipinski definition) is 0. The van der Waals surface area contributed by atoms with Crippen LogP contribution < -0.4 is 5.43 Å². The number of pyridine rings is 1. The van der Waals surface area contributed by atoms with E-state index in [0.29, 0.717) is 18.6 Å². The Balaban J connectivity index is 2.69. The lowest BCUT2D eigenvalue weighted by Gasteiger charge is -2.20. The van der Waals surface area contributed by atoms with Crippen LogP contribution in [-0.2, 0) is 11.3 Å². The average molecular weight is 396 g/mol. The van der Waals surface area contributed by atoms with Crippen molar-refractivity contribution in [1.29, 1.82) is 0 Å². The van der Waals surface area contributed by atoms with Gasteiger partial charge in [-0.3, -0.25) is 14.9 Å². The van der Waals surface area contributed by atoms with E-state index in [4.69, 9.17) is 16.3 Å². The van der Waals surface area contributed by atoms with Crippen LogP contribution in [0.3, 0.4) is 0 Å². The van der Waals surface area contributed by atoms with Gasteiger partial charge in [0.15, 0.2) is 0 Å². The zero-order valence-corrected chi connectivity index (χ0v) is 16.3. The number of esters is 1. The molecule has 0 saturated heterocycles. The number of nitrogens with zero attached hydrogens (tertiary/aromatic N) is 3. The summed E-state index contributed by atoms with van der Waals surface area (Å²) >= 11 is 6.03. The molecule has 0 amide bonds. The minimum atomic E-state index is -0.751. The van der Waals surface area contributed by atoms with Crippen LogP contribution in [0.2, 0.25) is 5.02 Å². The van der Waals surface area contributed by atoms with Crippen molar-refractivity contribution in [2.45, 2.75) is 27.3 Å². The first-order valence-electron chi connectivity index (χ1n) is 8.74. The molecule has 0 atom stereocenters. The minimum Gasteiger partial charge on any atom is -0.462 e. The standard InChI is InChI=1S/C18H22ClN3O5/c1-4-20(5-2)7-8-21-11-13(18(24)27-6-3)17(23)12-9-16(22(25)26)14(19)10-15(12)21/h9-11H,4-8H2,1-3H3. The third-order valence-electron chi connectivity index (χ3n) is 4.39. The predicted octanol–water partition coefficient (Wildman–Crippen LogP) is 3.08. The maximum absolute atomic E-state index is 12.7. The molecule has 0 unspecified atom stereocenters. The van der Waals surface area contributed by atoms with Gasteiger partial charge in [-0.1, -0.05) is 25.4 Å². The van der Waals surface area contributed by atoms with Crippen molar-refractivity contribution in [1.82, 2.24) is 9.47 Å². The monoisotopic (exact) mass is 395 g/mol. The molecule has 1 aromatic heterocycles. The molecule has 1 aromatic carbocycles. The van der Waals surface area contributed by atoms with Crippen molar-refractivity contribution >= 4 is 34.2 Å². The molecule has 0 radical (unpaired) electrons. The zero-order valence-electron chi connectivity index (χ0n) is 15.5. The van der Waals surface area contributed by atoms with E-state index in [2.05, 4.69) is 4.90 Å². The van der Waals surface area contributed by atoms with Crippen LogP contribution in [0.5, 0.6) is 0 Å². The third kappa shape index (κ3) is 4.45. The molecule has 146 valence electrons. The lowest BCUT2D eigenvalue weighted by molar-refractivity contribution is -0.384. The molecule has 0 saturated carbocycles. The van der Waals surface area contributed by atoms with E-state index >= 15 is 0 Å². The van der Waals surface area contributed by atoms with Crippen molar-refractivity contribution < 1.29 is 14.5 Å². The lowest BCUT2D eigenvalue weighted by Crippen LogP contribution is -2.28. The maximum atomic E-state index is 12.7. The van der Waals surface area contributed by atoms with Gasteiger partial charge in [0, 0.05) is 25.4 Å². The van der Waals surface area contributed by atoms with E-state index in [0.717, 1.165) is 19.2 Å². The molecule has 1 heterocycles. The summed E-state index contributed by atoms with van der Waals surface area (Å²) in [5.74, 6) is -0.751. The van der Waals surface area contributed by atoms with Crippen LogP contribution >= 0.6 is 11.6 Å². The smallest absolute Gasteiger partial charge is 0.343 e. The van der Waals surface area contributed by atoms with Crippen molar-refractivity contribution in [2.24, 2.45) is 0 Å². The van der Waals surface area contributed by atoms with E-state index in [1.54, 1.807) is 11.5 Å². The van der Waals surface area contributed by atoms with Crippen LogP contribution in [0.1, 0.15) is 31.1 Å². The number of nitro groups is 1. The second-order valence-electron chi connectivity index (χ2n) is 5.89. The van der Waals surface area contributed by atoms with E-state index in [-0.39, 0.29) is 28.3 Å². The van der Waals surface area contributed by atoms with Gasteiger partial charge in [0.05, 0.1) is 22.4 Å². The number of ether oxygens (including phenoxy) is 1. The van der Waals surface area contributed by atoms with Crippen LogP contribution in [-0.4, -0.2) is 46.6 Å². The first kappa shape index (κ1) is 20.9. The van der Waals surface area contributed by atoms with Gasteiger partial charge in [0.25, 0.3) is 5.69 Å². The highest BCUT2D eigenvalue weighted by molar-refractivity contribution is 6.33. The normalized spacial score (nSPS) is 11.1. The van der Waals surface area contributed by atoms with Gasteiger partial charge in [0.2, 0.25) is 5.43 Å². The van der Waals surface area contributed by atoms with E-state index < -0.39 is 16.3 Å². The number of rotatable bonds is 8. The van der Waals surface area contributed by atoms with Crippen LogP contribution in [0.25, 0.3) is 10.9 Å². The first-order valence-corrected chi connectivity index (χ1v) is 9.12. The van der Waals surface area contributed by atoms with Crippen molar-refractivity contribution in [3.05, 3.63) is 49.3 Å². The summed E-state index contributed by atoms with van der Waals surface area (Å²) < 4.78 is 6.68. The average Bonchev–Trinajstić information content (AvgIpc) is 2.63. The molecule has 0 aliphatic heterocycles. The molecule has 9 heteroatoms. The van der Waals surface area contributed by atoms with E-state index in [1.807, 2.05) is 13.8 Å². The molecule has 0 spiro atoms. The number of fused-ring (bicyclic) bond motifs is 1. The molecule has 0 aliphatic carbocycles. The molecule has 8 nitrogen and oxygen atoms in total. The fourth-order valence-corrected chi connectivity index (χ4v) is 3.09. The number of nitro benzene ring substituents is 1. The number of hydrogen-bond acceptors (Lipinski definition) is 6. The predicted molar refractivity (Wildman–Crippen MR) is 104 cm³/mol. The number of benzene rings is 1. The van der Waals surface area contributed by atoms with Crippen molar-refractivity contribution in [3.63, 3.8) is 0 Å². The third-order valence-corrected chi connectivity index (χ3v) is 4.70. The van der Waals surface area contributed by atoms with Gasteiger partial charge in [-0.15, -0.1) is 0 Å². The van der Waals surface area contributed by atoms with Gasteiger partial charge in [0.1, 0.15) is 10.6 Å². The topological polar surface area (TPSA) is 94.7 Å². The minimum absolute atomic E-state index is 0.0626. The van der Waals surface area contributed by atoms with E-state index in [9.17, 15) is 19.7 Å².